The van der Waals surface area contributed by atoms with Gasteiger partial charge in [0.2, 0.25) is 0 Å². The summed E-state index contributed by atoms with van der Waals surface area (Å²) in [6.07, 6.45) is 2.72. The number of carboxylic acids is 1. The van der Waals surface area contributed by atoms with Crippen LogP contribution in [0.3, 0.4) is 0 Å². The number of thiazole rings is 1. The van der Waals surface area contributed by atoms with Crippen molar-refractivity contribution in [2.24, 2.45) is 0 Å². The monoisotopic (exact) mass is 274 g/mol. The zero-order valence-corrected chi connectivity index (χ0v) is 12.2. The van der Waals surface area contributed by atoms with Gasteiger partial charge in [0.1, 0.15) is 4.88 Å². The molecule has 0 radical (unpaired) electrons. The SMILES string of the molecule is CCc1nc(N(C)C(C)CSC)sc1C(=O)O. The normalized spacial score (nSPS) is 12.5. The molecule has 0 aromatic carbocycles. The lowest BCUT2D eigenvalue weighted by molar-refractivity contribution is 0.0701. The maximum absolute atomic E-state index is 11.1. The van der Waals surface area contributed by atoms with Gasteiger partial charge in [-0.1, -0.05) is 18.3 Å². The van der Waals surface area contributed by atoms with Crippen LogP contribution >= 0.6 is 23.1 Å². The number of rotatable bonds is 6. The molecule has 17 heavy (non-hydrogen) atoms. The number of carboxylic acid groups (broad SMARTS) is 1. The highest BCUT2D eigenvalue weighted by atomic mass is 32.2. The average Bonchev–Trinajstić information content (AvgIpc) is 2.72. The second kappa shape index (κ2) is 6.26. The average molecular weight is 274 g/mol. The molecule has 1 N–H and O–H groups in total. The Morgan fingerprint density at radius 3 is 2.71 bits per heavy atom. The van der Waals surface area contributed by atoms with Gasteiger partial charge in [-0.3, -0.25) is 0 Å². The fourth-order valence-electron chi connectivity index (χ4n) is 1.44. The molecule has 1 atom stereocenters. The van der Waals surface area contributed by atoms with Gasteiger partial charge in [0, 0.05) is 18.8 Å². The first-order chi connectivity index (χ1) is 8.01. The first kappa shape index (κ1) is 14.3. The second-order valence-corrected chi connectivity index (χ2v) is 5.73. The maximum atomic E-state index is 11.1. The van der Waals surface area contributed by atoms with E-state index in [9.17, 15) is 4.79 Å². The van der Waals surface area contributed by atoms with Gasteiger partial charge < -0.3 is 10.0 Å². The van der Waals surface area contributed by atoms with Gasteiger partial charge in [0.05, 0.1) is 5.69 Å². The molecule has 1 aromatic rings. The Kier molecular flexibility index (Phi) is 5.27. The third-order valence-corrected chi connectivity index (χ3v) is 4.58. The molecule has 0 aliphatic rings. The molecule has 4 nitrogen and oxygen atoms in total. The number of nitrogens with zero attached hydrogens (tertiary/aromatic N) is 2. The summed E-state index contributed by atoms with van der Waals surface area (Å²) in [7, 11) is 1.96. The Morgan fingerprint density at radius 1 is 1.65 bits per heavy atom. The van der Waals surface area contributed by atoms with Crippen LogP contribution in [0.2, 0.25) is 0 Å². The Balaban J connectivity index is 2.95. The minimum atomic E-state index is -0.878. The molecule has 0 bridgehead atoms. The van der Waals surface area contributed by atoms with Gasteiger partial charge in [-0.05, 0) is 19.6 Å². The van der Waals surface area contributed by atoms with Crippen molar-refractivity contribution in [3.8, 4) is 0 Å². The number of anilines is 1. The van der Waals surface area contributed by atoms with Gasteiger partial charge in [-0.25, -0.2) is 9.78 Å². The van der Waals surface area contributed by atoms with E-state index in [1.165, 1.54) is 11.3 Å². The van der Waals surface area contributed by atoms with Gasteiger partial charge in [-0.2, -0.15) is 11.8 Å². The quantitative estimate of drug-likeness (QED) is 0.864. The molecule has 0 fully saturated rings. The van der Waals surface area contributed by atoms with E-state index in [0.717, 1.165) is 10.9 Å². The standard InChI is InChI=1S/C11H18N2O2S2/c1-5-8-9(10(14)15)17-11(12-8)13(3)7(2)6-16-4/h7H,5-6H2,1-4H3,(H,14,15). The Labute approximate surface area is 110 Å². The van der Waals surface area contributed by atoms with Gasteiger partial charge in [0.25, 0.3) is 0 Å². The van der Waals surface area contributed by atoms with Crippen molar-refractivity contribution in [1.82, 2.24) is 4.98 Å². The van der Waals surface area contributed by atoms with Crippen LogP contribution in [0.4, 0.5) is 5.13 Å². The minimum absolute atomic E-state index is 0.350. The third kappa shape index (κ3) is 3.35. The predicted molar refractivity (Wildman–Crippen MR) is 74.7 cm³/mol. The van der Waals surface area contributed by atoms with Crippen LogP contribution in [0.5, 0.6) is 0 Å². The van der Waals surface area contributed by atoms with E-state index in [0.29, 0.717) is 23.0 Å². The molecule has 1 unspecified atom stereocenters. The number of aromatic carboxylic acids is 1. The lowest BCUT2D eigenvalue weighted by Gasteiger charge is -2.23. The van der Waals surface area contributed by atoms with Crippen LogP contribution < -0.4 is 4.90 Å². The fraction of sp³-hybridized carbons (Fsp3) is 0.636. The molecular weight excluding hydrogens is 256 g/mol. The van der Waals surface area contributed by atoms with Gasteiger partial charge in [0.15, 0.2) is 5.13 Å². The Bertz CT molecular complexity index is 393. The molecule has 0 amide bonds. The van der Waals surface area contributed by atoms with Crippen LogP contribution in [0.1, 0.15) is 29.2 Å². The fourth-order valence-corrected chi connectivity index (χ4v) is 3.20. The van der Waals surface area contributed by atoms with Crippen LogP contribution in [-0.2, 0) is 6.42 Å². The summed E-state index contributed by atoms with van der Waals surface area (Å²) in [5.74, 6) is 0.122. The Morgan fingerprint density at radius 2 is 2.29 bits per heavy atom. The van der Waals surface area contributed by atoms with Crippen LogP contribution in [0, 0.1) is 0 Å². The summed E-state index contributed by atoms with van der Waals surface area (Å²) in [6, 6.07) is 0.350. The summed E-state index contributed by atoms with van der Waals surface area (Å²) < 4.78 is 0. The molecule has 1 rings (SSSR count). The highest BCUT2D eigenvalue weighted by molar-refractivity contribution is 7.98. The maximum Gasteiger partial charge on any atom is 0.347 e. The van der Waals surface area contributed by atoms with Crippen molar-refractivity contribution in [3.63, 3.8) is 0 Å². The van der Waals surface area contributed by atoms with E-state index in [1.54, 1.807) is 11.8 Å². The van der Waals surface area contributed by atoms with E-state index in [-0.39, 0.29) is 0 Å². The lowest BCUT2D eigenvalue weighted by Crippen LogP contribution is -2.30. The van der Waals surface area contributed by atoms with Crippen molar-refractivity contribution in [2.75, 3.05) is 24.0 Å². The van der Waals surface area contributed by atoms with Gasteiger partial charge >= 0.3 is 5.97 Å². The van der Waals surface area contributed by atoms with E-state index in [2.05, 4.69) is 18.2 Å². The molecule has 0 saturated carbocycles. The minimum Gasteiger partial charge on any atom is -0.477 e. The zero-order valence-electron chi connectivity index (χ0n) is 10.6. The number of thioether (sulfide) groups is 1. The number of aryl methyl sites for hydroxylation is 1. The predicted octanol–water partition coefficient (Wildman–Crippen LogP) is 2.59. The van der Waals surface area contributed by atoms with Crippen molar-refractivity contribution >= 4 is 34.2 Å². The van der Waals surface area contributed by atoms with Crippen molar-refractivity contribution in [3.05, 3.63) is 10.6 Å². The van der Waals surface area contributed by atoms with Crippen molar-refractivity contribution in [2.45, 2.75) is 26.3 Å². The number of hydrogen-bond donors (Lipinski definition) is 1. The highest BCUT2D eigenvalue weighted by Gasteiger charge is 2.20. The van der Waals surface area contributed by atoms with Crippen LogP contribution in [0.25, 0.3) is 0 Å². The number of hydrogen-bond acceptors (Lipinski definition) is 5. The summed E-state index contributed by atoms with van der Waals surface area (Å²) in [6.45, 7) is 4.04. The van der Waals surface area contributed by atoms with E-state index in [4.69, 9.17) is 5.11 Å². The zero-order chi connectivity index (χ0) is 13.0. The van der Waals surface area contributed by atoms with E-state index >= 15 is 0 Å². The summed E-state index contributed by atoms with van der Waals surface area (Å²) in [5, 5.41) is 9.87. The summed E-state index contributed by atoms with van der Waals surface area (Å²) in [4.78, 5) is 17.9. The molecule has 1 heterocycles. The molecule has 0 aliphatic carbocycles. The van der Waals surface area contributed by atoms with E-state index in [1.807, 2.05) is 18.9 Å². The summed E-state index contributed by atoms with van der Waals surface area (Å²) in [5.41, 5.74) is 0.681. The lowest BCUT2D eigenvalue weighted by atomic mass is 10.3. The molecule has 1 aromatic heterocycles. The van der Waals surface area contributed by atoms with E-state index < -0.39 is 5.97 Å². The number of carbonyl (C=O) groups is 1. The molecular formula is C11H18N2O2S2. The highest BCUT2D eigenvalue weighted by Crippen LogP contribution is 2.27. The molecule has 96 valence electrons. The third-order valence-electron chi connectivity index (χ3n) is 2.59. The Hall–Kier alpha value is -0.750. The first-order valence-electron chi connectivity index (χ1n) is 5.46. The molecule has 0 spiro atoms. The second-order valence-electron chi connectivity index (χ2n) is 3.85. The molecule has 6 heteroatoms. The smallest absolute Gasteiger partial charge is 0.347 e. The van der Waals surface area contributed by atoms with Gasteiger partial charge in [-0.15, -0.1) is 0 Å². The molecule has 0 saturated heterocycles. The first-order valence-corrected chi connectivity index (χ1v) is 7.67. The molecule has 0 aliphatic heterocycles. The topological polar surface area (TPSA) is 53.4 Å². The van der Waals surface area contributed by atoms with Crippen LogP contribution in [-0.4, -0.2) is 41.2 Å². The van der Waals surface area contributed by atoms with Crippen LogP contribution in [0.15, 0.2) is 0 Å². The number of aromatic nitrogens is 1. The van der Waals surface area contributed by atoms with Crippen molar-refractivity contribution in [1.29, 1.82) is 0 Å². The largest absolute Gasteiger partial charge is 0.477 e. The van der Waals surface area contributed by atoms with Crippen molar-refractivity contribution < 1.29 is 9.90 Å². The summed E-state index contributed by atoms with van der Waals surface area (Å²) >= 11 is 3.04.